The topological polar surface area (TPSA) is 35.2 Å². The van der Waals surface area contributed by atoms with E-state index in [0.717, 1.165) is 25.7 Å². The minimum atomic E-state index is 0.292. The van der Waals surface area contributed by atoms with E-state index in [-0.39, 0.29) is 0 Å². The standard InChI is InChI=1S/C7H17NO/c1-3-5-7(9-8)6-4-2/h7H,3-6,8H2,1-2H3. The highest BCUT2D eigenvalue weighted by molar-refractivity contribution is 4.53. The van der Waals surface area contributed by atoms with Crippen molar-refractivity contribution in [3.05, 3.63) is 0 Å². The average molecular weight is 131 g/mol. The fourth-order valence-corrected chi connectivity index (χ4v) is 0.924. The molecule has 0 heterocycles. The fraction of sp³-hybridized carbons (Fsp3) is 1.00. The summed E-state index contributed by atoms with van der Waals surface area (Å²) in [5.41, 5.74) is 0. The van der Waals surface area contributed by atoms with Gasteiger partial charge in [0.1, 0.15) is 0 Å². The first-order chi connectivity index (χ1) is 4.35. The van der Waals surface area contributed by atoms with Gasteiger partial charge in [-0.2, -0.15) is 0 Å². The van der Waals surface area contributed by atoms with E-state index in [0.29, 0.717) is 6.10 Å². The van der Waals surface area contributed by atoms with E-state index in [1.54, 1.807) is 0 Å². The molecule has 9 heavy (non-hydrogen) atoms. The van der Waals surface area contributed by atoms with E-state index >= 15 is 0 Å². The Morgan fingerprint density at radius 1 is 1.22 bits per heavy atom. The van der Waals surface area contributed by atoms with Crippen LogP contribution in [0, 0.1) is 0 Å². The lowest BCUT2D eigenvalue weighted by atomic mass is 10.1. The average Bonchev–Trinajstić information content (AvgIpc) is 1.88. The van der Waals surface area contributed by atoms with Gasteiger partial charge in [0.2, 0.25) is 0 Å². The van der Waals surface area contributed by atoms with Crippen LogP contribution in [0.5, 0.6) is 0 Å². The smallest absolute Gasteiger partial charge is 0.0787 e. The van der Waals surface area contributed by atoms with E-state index in [9.17, 15) is 0 Å². The molecule has 0 rings (SSSR count). The lowest BCUT2D eigenvalue weighted by Gasteiger charge is -2.10. The maximum atomic E-state index is 5.04. The minimum Gasteiger partial charge on any atom is -0.301 e. The summed E-state index contributed by atoms with van der Waals surface area (Å²) in [4.78, 5) is 4.73. The van der Waals surface area contributed by atoms with Crippen molar-refractivity contribution in [2.75, 3.05) is 0 Å². The molecule has 0 unspecified atom stereocenters. The second kappa shape index (κ2) is 6.05. The molecule has 56 valence electrons. The summed E-state index contributed by atoms with van der Waals surface area (Å²) >= 11 is 0. The molecule has 0 saturated heterocycles. The lowest BCUT2D eigenvalue weighted by molar-refractivity contribution is 0.0405. The molecule has 2 heteroatoms. The van der Waals surface area contributed by atoms with Crippen LogP contribution >= 0.6 is 0 Å². The summed E-state index contributed by atoms with van der Waals surface area (Å²) in [6.45, 7) is 4.28. The summed E-state index contributed by atoms with van der Waals surface area (Å²) < 4.78 is 0. The zero-order valence-corrected chi connectivity index (χ0v) is 6.39. The van der Waals surface area contributed by atoms with Crippen LogP contribution in [0.25, 0.3) is 0 Å². The van der Waals surface area contributed by atoms with Gasteiger partial charge in [-0.1, -0.05) is 26.7 Å². The van der Waals surface area contributed by atoms with Crippen LogP contribution in [0.4, 0.5) is 0 Å². The largest absolute Gasteiger partial charge is 0.301 e. The number of nitrogens with two attached hydrogens (primary N) is 1. The molecule has 0 atom stereocenters. The molecular weight excluding hydrogens is 114 g/mol. The normalized spacial score (nSPS) is 10.7. The van der Waals surface area contributed by atoms with E-state index in [1.165, 1.54) is 0 Å². The molecule has 2 N–H and O–H groups in total. The van der Waals surface area contributed by atoms with Crippen molar-refractivity contribution < 1.29 is 4.84 Å². The van der Waals surface area contributed by atoms with E-state index < -0.39 is 0 Å². The molecular formula is C7H17NO. The second-order valence-electron chi connectivity index (χ2n) is 2.34. The van der Waals surface area contributed by atoms with Crippen LogP contribution < -0.4 is 5.90 Å². The fourth-order valence-electron chi connectivity index (χ4n) is 0.924. The molecule has 0 aliphatic rings. The Morgan fingerprint density at radius 2 is 1.67 bits per heavy atom. The van der Waals surface area contributed by atoms with Gasteiger partial charge in [-0.05, 0) is 12.8 Å². The van der Waals surface area contributed by atoms with Gasteiger partial charge in [-0.15, -0.1) is 0 Å². The summed E-state index contributed by atoms with van der Waals surface area (Å²) in [5.74, 6) is 5.04. The molecule has 0 bridgehead atoms. The molecule has 0 radical (unpaired) electrons. The highest BCUT2D eigenvalue weighted by Crippen LogP contribution is 2.05. The van der Waals surface area contributed by atoms with Gasteiger partial charge in [-0.25, -0.2) is 5.90 Å². The Kier molecular flexibility index (Phi) is 5.99. The van der Waals surface area contributed by atoms with E-state index in [4.69, 9.17) is 10.7 Å². The number of hydrogen-bond acceptors (Lipinski definition) is 2. The SMILES string of the molecule is CCCC(CCC)ON. The van der Waals surface area contributed by atoms with Crippen molar-refractivity contribution in [1.29, 1.82) is 0 Å². The van der Waals surface area contributed by atoms with Gasteiger partial charge >= 0.3 is 0 Å². The highest BCUT2D eigenvalue weighted by Gasteiger charge is 2.03. The number of hydrogen-bond donors (Lipinski definition) is 1. The summed E-state index contributed by atoms with van der Waals surface area (Å²) in [6.07, 6.45) is 4.78. The molecule has 0 fully saturated rings. The van der Waals surface area contributed by atoms with Crippen LogP contribution in [0.15, 0.2) is 0 Å². The summed E-state index contributed by atoms with van der Waals surface area (Å²) in [6, 6.07) is 0. The van der Waals surface area contributed by atoms with Crippen molar-refractivity contribution in [3.8, 4) is 0 Å². The Balaban J connectivity index is 3.18. The number of rotatable bonds is 5. The first-order valence-corrected chi connectivity index (χ1v) is 3.70. The Hall–Kier alpha value is -0.0800. The second-order valence-corrected chi connectivity index (χ2v) is 2.34. The summed E-state index contributed by atoms with van der Waals surface area (Å²) in [5, 5.41) is 0. The molecule has 0 saturated carbocycles. The monoisotopic (exact) mass is 131 g/mol. The molecule has 0 aliphatic heterocycles. The molecule has 0 spiro atoms. The van der Waals surface area contributed by atoms with Gasteiger partial charge < -0.3 is 4.84 Å². The van der Waals surface area contributed by atoms with Gasteiger partial charge in [0.05, 0.1) is 6.10 Å². The van der Waals surface area contributed by atoms with Crippen molar-refractivity contribution in [2.45, 2.75) is 45.6 Å². The van der Waals surface area contributed by atoms with Crippen molar-refractivity contribution in [1.82, 2.24) is 0 Å². The van der Waals surface area contributed by atoms with Crippen LogP contribution in [0.2, 0.25) is 0 Å². The third-order valence-electron chi connectivity index (χ3n) is 1.41. The van der Waals surface area contributed by atoms with E-state index in [1.807, 2.05) is 0 Å². The quantitative estimate of drug-likeness (QED) is 0.578. The van der Waals surface area contributed by atoms with E-state index in [2.05, 4.69) is 13.8 Å². The van der Waals surface area contributed by atoms with Gasteiger partial charge in [0.25, 0.3) is 0 Å². The van der Waals surface area contributed by atoms with Gasteiger partial charge in [0.15, 0.2) is 0 Å². The minimum absolute atomic E-state index is 0.292. The first-order valence-electron chi connectivity index (χ1n) is 3.70. The van der Waals surface area contributed by atoms with Crippen LogP contribution in [0.1, 0.15) is 39.5 Å². The molecule has 0 aromatic rings. The zero-order chi connectivity index (χ0) is 7.11. The maximum absolute atomic E-state index is 5.04. The third-order valence-corrected chi connectivity index (χ3v) is 1.41. The zero-order valence-electron chi connectivity index (χ0n) is 6.39. The third kappa shape index (κ3) is 4.43. The lowest BCUT2D eigenvalue weighted by Crippen LogP contribution is -2.16. The highest BCUT2D eigenvalue weighted by atomic mass is 16.6. The molecule has 0 aromatic heterocycles. The maximum Gasteiger partial charge on any atom is 0.0787 e. The van der Waals surface area contributed by atoms with Crippen LogP contribution in [0.3, 0.4) is 0 Å². The first kappa shape index (κ1) is 8.92. The van der Waals surface area contributed by atoms with Crippen LogP contribution in [-0.2, 0) is 4.84 Å². The predicted octanol–water partition coefficient (Wildman–Crippen LogP) is 1.85. The molecule has 0 aromatic carbocycles. The Bertz CT molecular complexity index is 50.9. The Labute approximate surface area is 57.3 Å². The van der Waals surface area contributed by atoms with Crippen LogP contribution in [-0.4, -0.2) is 6.10 Å². The molecule has 0 aliphatic carbocycles. The van der Waals surface area contributed by atoms with Gasteiger partial charge in [-0.3, -0.25) is 0 Å². The van der Waals surface area contributed by atoms with Crippen molar-refractivity contribution in [3.63, 3.8) is 0 Å². The van der Waals surface area contributed by atoms with Crippen molar-refractivity contribution >= 4 is 0 Å². The van der Waals surface area contributed by atoms with Crippen molar-refractivity contribution in [2.24, 2.45) is 5.90 Å². The molecule has 2 nitrogen and oxygen atoms in total. The molecule has 0 amide bonds. The van der Waals surface area contributed by atoms with Gasteiger partial charge in [0, 0.05) is 0 Å². The summed E-state index contributed by atoms with van der Waals surface area (Å²) in [7, 11) is 0. The Morgan fingerprint density at radius 3 is 1.89 bits per heavy atom. The predicted molar refractivity (Wildman–Crippen MR) is 38.9 cm³/mol.